The van der Waals surface area contributed by atoms with Gasteiger partial charge in [-0.15, -0.1) is 0 Å². The number of piperidine rings is 1. The van der Waals surface area contributed by atoms with Gasteiger partial charge in [-0.05, 0) is 25.9 Å². The first-order valence-corrected chi connectivity index (χ1v) is 4.73. The molecule has 0 unspecified atom stereocenters. The summed E-state index contributed by atoms with van der Waals surface area (Å²) in [6.45, 7) is 2.95. The van der Waals surface area contributed by atoms with E-state index in [4.69, 9.17) is 11.6 Å². The summed E-state index contributed by atoms with van der Waals surface area (Å²) in [5, 5.41) is 0. The predicted octanol–water partition coefficient (Wildman–Crippen LogP) is 1.65. The van der Waals surface area contributed by atoms with Gasteiger partial charge in [0.2, 0.25) is 0 Å². The molecule has 0 N–H and O–H groups in total. The van der Waals surface area contributed by atoms with E-state index in [0.29, 0.717) is 5.92 Å². The van der Waals surface area contributed by atoms with Crippen molar-refractivity contribution in [1.29, 1.82) is 0 Å². The predicted molar refractivity (Wildman–Crippen MR) is 50.2 cm³/mol. The minimum atomic E-state index is 0.293. The van der Waals surface area contributed by atoms with Crippen molar-refractivity contribution in [2.24, 2.45) is 5.92 Å². The van der Waals surface area contributed by atoms with Crippen LogP contribution >= 0.6 is 11.6 Å². The van der Waals surface area contributed by atoms with Gasteiger partial charge in [-0.2, -0.15) is 0 Å². The monoisotopic (exact) mass is 187 g/mol. The molecular weight excluding hydrogens is 174 g/mol. The van der Waals surface area contributed by atoms with Crippen molar-refractivity contribution >= 4 is 17.9 Å². The number of nitrogens with zero attached hydrogens (tertiary/aromatic N) is 1. The summed E-state index contributed by atoms with van der Waals surface area (Å²) >= 11 is 5.41. The normalized spacial score (nSPS) is 21.8. The van der Waals surface area contributed by atoms with Crippen molar-refractivity contribution in [3.8, 4) is 0 Å². The Morgan fingerprint density at radius 1 is 1.42 bits per heavy atom. The molecule has 0 aromatic carbocycles. The number of carbonyl (C=O) groups is 1. The lowest BCUT2D eigenvalue weighted by Gasteiger charge is -2.28. The number of halogens is 1. The van der Waals surface area contributed by atoms with Gasteiger partial charge >= 0.3 is 0 Å². The van der Waals surface area contributed by atoms with Crippen LogP contribution in [-0.2, 0) is 4.79 Å². The SMILES string of the molecule is O=CC1CCN(C/C=C/Cl)CC1. The minimum Gasteiger partial charge on any atom is -0.303 e. The molecule has 0 aromatic heterocycles. The van der Waals surface area contributed by atoms with E-state index in [9.17, 15) is 4.79 Å². The van der Waals surface area contributed by atoms with E-state index < -0.39 is 0 Å². The fourth-order valence-electron chi connectivity index (χ4n) is 1.46. The van der Waals surface area contributed by atoms with Crippen LogP contribution in [0.5, 0.6) is 0 Å². The Bertz CT molecular complexity index is 162. The maximum absolute atomic E-state index is 10.4. The second-order valence-corrected chi connectivity index (χ2v) is 3.39. The van der Waals surface area contributed by atoms with E-state index in [1.54, 1.807) is 5.54 Å². The zero-order valence-electron chi connectivity index (χ0n) is 7.08. The van der Waals surface area contributed by atoms with Gasteiger partial charge in [-0.1, -0.05) is 17.7 Å². The molecule has 0 atom stereocenters. The first kappa shape index (κ1) is 9.75. The van der Waals surface area contributed by atoms with Gasteiger partial charge in [0.1, 0.15) is 6.29 Å². The Morgan fingerprint density at radius 3 is 2.58 bits per heavy atom. The third kappa shape index (κ3) is 2.95. The van der Waals surface area contributed by atoms with Gasteiger partial charge in [0, 0.05) is 18.0 Å². The van der Waals surface area contributed by atoms with Crippen LogP contribution in [0.25, 0.3) is 0 Å². The van der Waals surface area contributed by atoms with E-state index in [0.717, 1.165) is 38.8 Å². The summed E-state index contributed by atoms with van der Waals surface area (Å²) in [7, 11) is 0. The highest BCUT2D eigenvalue weighted by molar-refractivity contribution is 6.25. The van der Waals surface area contributed by atoms with Crippen molar-refractivity contribution in [3.63, 3.8) is 0 Å². The Balaban J connectivity index is 2.21. The molecular formula is C9H14ClNO. The fraction of sp³-hybridized carbons (Fsp3) is 0.667. The van der Waals surface area contributed by atoms with E-state index in [1.807, 2.05) is 6.08 Å². The topological polar surface area (TPSA) is 20.3 Å². The fourth-order valence-corrected chi connectivity index (χ4v) is 1.54. The molecule has 2 nitrogen and oxygen atoms in total. The van der Waals surface area contributed by atoms with E-state index in [2.05, 4.69) is 4.90 Å². The van der Waals surface area contributed by atoms with Crippen molar-refractivity contribution in [1.82, 2.24) is 4.90 Å². The second kappa shape index (κ2) is 5.33. The van der Waals surface area contributed by atoms with Crippen LogP contribution in [0.1, 0.15) is 12.8 Å². The van der Waals surface area contributed by atoms with Crippen LogP contribution in [0.2, 0.25) is 0 Å². The average Bonchev–Trinajstić information content (AvgIpc) is 2.15. The molecule has 3 heteroatoms. The smallest absolute Gasteiger partial charge is 0.123 e. The number of hydrogen-bond acceptors (Lipinski definition) is 2. The maximum atomic E-state index is 10.4. The van der Waals surface area contributed by atoms with Gasteiger partial charge in [0.05, 0.1) is 0 Å². The molecule has 0 aliphatic carbocycles. The zero-order chi connectivity index (χ0) is 8.81. The Labute approximate surface area is 78.2 Å². The first-order valence-electron chi connectivity index (χ1n) is 4.29. The van der Waals surface area contributed by atoms with E-state index in [-0.39, 0.29) is 0 Å². The lowest BCUT2D eigenvalue weighted by atomic mass is 9.99. The third-order valence-electron chi connectivity index (χ3n) is 2.28. The highest BCUT2D eigenvalue weighted by Crippen LogP contribution is 2.14. The molecule has 0 radical (unpaired) electrons. The van der Waals surface area contributed by atoms with Crippen LogP contribution < -0.4 is 0 Å². The van der Waals surface area contributed by atoms with Crippen LogP contribution in [0, 0.1) is 5.92 Å². The number of hydrogen-bond donors (Lipinski definition) is 0. The second-order valence-electron chi connectivity index (χ2n) is 3.14. The molecule has 0 aromatic rings. The first-order chi connectivity index (χ1) is 5.86. The molecule has 1 fully saturated rings. The summed E-state index contributed by atoms with van der Waals surface area (Å²) in [6, 6.07) is 0. The molecule has 68 valence electrons. The van der Waals surface area contributed by atoms with Gasteiger partial charge in [0.25, 0.3) is 0 Å². The zero-order valence-corrected chi connectivity index (χ0v) is 7.83. The van der Waals surface area contributed by atoms with Crippen molar-refractivity contribution in [2.45, 2.75) is 12.8 Å². The van der Waals surface area contributed by atoms with Gasteiger partial charge in [-0.3, -0.25) is 4.90 Å². The summed E-state index contributed by atoms with van der Waals surface area (Å²) in [6.07, 6.45) is 5.01. The van der Waals surface area contributed by atoms with E-state index in [1.165, 1.54) is 0 Å². The molecule has 1 rings (SSSR count). The number of rotatable bonds is 3. The Kier molecular flexibility index (Phi) is 4.33. The van der Waals surface area contributed by atoms with Crippen LogP contribution in [0.15, 0.2) is 11.6 Å². The summed E-state index contributed by atoms with van der Waals surface area (Å²) in [5.74, 6) is 0.293. The van der Waals surface area contributed by atoms with Crippen LogP contribution in [0.3, 0.4) is 0 Å². The van der Waals surface area contributed by atoms with Crippen molar-refractivity contribution in [3.05, 3.63) is 11.6 Å². The molecule has 0 saturated carbocycles. The van der Waals surface area contributed by atoms with Gasteiger partial charge in [-0.25, -0.2) is 0 Å². The molecule has 0 bridgehead atoms. The molecule has 0 spiro atoms. The third-order valence-corrected chi connectivity index (χ3v) is 2.46. The quantitative estimate of drug-likeness (QED) is 0.627. The molecule has 12 heavy (non-hydrogen) atoms. The minimum absolute atomic E-state index is 0.293. The van der Waals surface area contributed by atoms with Crippen molar-refractivity contribution in [2.75, 3.05) is 19.6 Å². The lowest BCUT2D eigenvalue weighted by Crippen LogP contribution is -2.34. The Morgan fingerprint density at radius 2 is 2.08 bits per heavy atom. The molecule has 1 aliphatic heterocycles. The molecule has 1 heterocycles. The Hall–Kier alpha value is -0.340. The molecule has 1 aliphatic rings. The summed E-state index contributed by atoms with van der Waals surface area (Å²) < 4.78 is 0. The van der Waals surface area contributed by atoms with Crippen molar-refractivity contribution < 1.29 is 4.79 Å². The van der Waals surface area contributed by atoms with Gasteiger partial charge < -0.3 is 4.79 Å². The maximum Gasteiger partial charge on any atom is 0.123 e. The van der Waals surface area contributed by atoms with Crippen LogP contribution in [0.4, 0.5) is 0 Å². The highest BCUT2D eigenvalue weighted by Gasteiger charge is 2.16. The van der Waals surface area contributed by atoms with Crippen LogP contribution in [-0.4, -0.2) is 30.8 Å². The number of likely N-dealkylation sites (tertiary alicyclic amines) is 1. The number of aldehydes is 1. The molecule has 0 amide bonds. The summed E-state index contributed by atoms with van der Waals surface area (Å²) in [4.78, 5) is 12.7. The average molecular weight is 188 g/mol. The lowest BCUT2D eigenvalue weighted by molar-refractivity contribution is -0.112. The van der Waals surface area contributed by atoms with Gasteiger partial charge in [0.15, 0.2) is 0 Å². The standard InChI is InChI=1S/C9H14ClNO/c10-4-1-5-11-6-2-9(8-12)3-7-11/h1,4,8-9H,2-3,5-7H2/b4-1+. The summed E-state index contributed by atoms with van der Waals surface area (Å²) in [5.41, 5.74) is 1.55. The largest absolute Gasteiger partial charge is 0.303 e. The molecule has 1 saturated heterocycles. The number of carbonyl (C=O) groups excluding carboxylic acids is 1. The van der Waals surface area contributed by atoms with E-state index >= 15 is 0 Å². The highest BCUT2D eigenvalue weighted by atomic mass is 35.5.